The van der Waals surface area contributed by atoms with Crippen LogP contribution >= 0.6 is 0 Å². The van der Waals surface area contributed by atoms with Crippen LogP contribution in [0, 0.1) is 10.1 Å². The van der Waals surface area contributed by atoms with Gasteiger partial charge in [0.05, 0.1) is 16.8 Å². The molecule has 29 heavy (non-hydrogen) atoms. The summed E-state index contributed by atoms with van der Waals surface area (Å²) in [4.78, 5) is 26.8. The second-order valence-corrected chi connectivity index (χ2v) is 6.14. The Kier molecular flexibility index (Phi) is 4.90. The predicted molar refractivity (Wildman–Crippen MR) is 105 cm³/mol. The molecule has 0 fully saturated rings. The Balaban J connectivity index is 1.43. The minimum atomic E-state index is -0.512. The summed E-state index contributed by atoms with van der Waals surface area (Å²) >= 11 is 0. The van der Waals surface area contributed by atoms with E-state index in [1.807, 2.05) is 18.2 Å². The number of nitrogens with zero attached hydrogens (tertiary/aromatic N) is 3. The van der Waals surface area contributed by atoms with Gasteiger partial charge in [-0.2, -0.15) is 0 Å². The molecule has 8 heteroatoms. The van der Waals surface area contributed by atoms with Gasteiger partial charge in [0.1, 0.15) is 17.1 Å². The first kappa shape index (κ1) is 18.2. The van der Waals surface area contributed by atoms with Crippen molar-refractivity contribution >= 4 is 17.3 Å². The van der Waals surface area contributed by atoms with Crippen LogP contribution in [-0.4, -0.2) is 26.9 Å². The van der Waals surface area contributed by atoms with Gasteiger partial charge in [-0.15, -0.1) is 0 Å². The molecule has 2 heterocycles. The summed E-state index contributed by atoms with van der Waals surface area (Å²) in [5.41, 5.74) is 2.02. The number of carbonyl (C=O) groups excluding carboxylic acids is 1. The Labute approximate surface area is 165 Å². The van der Waals surface area contributed by atoms with Gasteiger partial charge in [-0.1, -0.05) is 18.2 Å². The Morgan fingerprint density at radius 1 is 0.966 bits per heavy atom. The lowest BCUT2D eigenvalue weighted by Gasteiger charge is -2.07. The number of carbonyl (C=O) groups is 1. The lowest BCUT2D eigenvalue weighted by Crippen LogP contribution is -2.17. The highest BCUT2D eigenvalue weighted by atomic mass is 16.6. The molecule has 0 saturated heterocycles. The van der Waals surface area contributed by atoms with Crippen molar-refractivity contribution < 1.29 is 19.2 Å². The van der Waals surface area contributed by atoms with Crippen molar-refractivity contribution in [3.8, 4) is 22.8 Å². The fourth-order valence-electron chi connectivity index (χ4n) is 2.74. The summed E-state index contributed by atoms with van der Waals surface area (Å²) in [6, 6.07) is 18.8. The van der Waals surface area contributed by atoms with Crippen LogP contribution < -0.4 is 9.47 Å². The molecule has 0 N–H and O–H groups in total. The smallest absolute Gasteiger partial charge is 0.349 e. The normalized spacial score (nSPS) is 10.6. The molecule has 8 nitrogen and oxygen atoms in total. The van der Waals surface area contributed by atoms with Gasteiger partial charge < -0.3 is 9.47 Å². The van der Waals surface area contributed by atoms with Gasteiger partial charge in [-0.05, 0) is 42.5 Å². The Morgan fingerprint density at radius 3 is 2.45 bits per heavy atom. The standard InChI is InChI=1S/C21H15N3O5/c25-21(14-28-17-4-2-1-3-5-17)29-18-9-6-15(7-10-18)19-13-23-12-16(24(26)27)8-11-20(23)22-19/h1-13H,14H2. The molecule has 4 aromatic rings. The Hall–Kier alpha value is -4.20. The van der Waals surface area contributed by atoms with Crippen molar-refractivity contribution in [2.45, 2.75) is 0 Å². The van der Waals surface area contributed by atoms with Crippen molar-refractivity contribution in [2.75, 3.05) is 6.61 Å². The fourth-order valence-corrected chi connectivity index (χ4v) is 2.74. The van der Waals surface area contributed by atoms with Crippen LogP contribution in [-0.2, 0) is 4.79 Å². The van der Waals surface area contributed by atoms with Crippen LogP contribution in [0.25, 0.3) is 16.9 Å². The quantitative estimate of drug-likeness (QED) is 0.215. The van der Waals surface area contributed by atoms with Crippen LogP contribution in [0.2, 0.25) is 0 Å². The van der Waals surface area contributed by atoms with Crippen molar-refractivity contribution in [2.24, 2.45) is 0 Å². The highest BCUT2D eigenvalue weighted by molar-refractivity contribution is 5.74. The number of esters is 1. The summed E-state index contributed by atoms with van der Waals surface area (Å²) in [5, 5.41) is 10.9. The minimum Gasteiger partial charge on any atom is -0.482 e. The van der Waals surface area contributed by atoms with Crippen molar-refractivity contribution in [1.29, 1.82) is 0 Å². The maximum absolute atomic E-state index is 11.9. The molecule has 0 atom stereocenters. The van der Waals surface area contributed by atoms with E-state index >= 15 is 0 Å². The number of rotatable bonds is 6. The molecule has 0 bridgehead atoms. The summed E-state index contributed by atoms with van der Waals surface area (Å²) in [6.07, 6.45) is 3.12. The molecule has 0 radical (unpaired) electrons. The number of benzene rings is 2. The van der Waals surface area contributed by atoms with Gasteiger partial charge in [0.2, 0.25) is 0 Å². The number of para-hydroxylation sites is 1. The zero-order chi connectivity index (χ0) is 20.2. The van der Waals surface area contributed by atoms with E-state index in [0.717, 1.165) is 5.56 Å². The van der Waals surface area contributed by atoms with E-state index in [2.05, 4.69) is 4.98 Å². The zero-order valence-corrected chi connectivity index (χ0v) is 15.1. The third-order valence-corrected chi connectivity index (χ3v) is 4.13. The molecular weight excluding hydrogens is 374 g/mol. The molecule has 0 aliphatic heterocycles. The average molecular weight is 389 g/mol. The third kappa shape index (κ3) is 4.22. The van der Waals surface area contributed by atoms with Crippen LogP contribution in [0.15, 0.2) is 79.1 Å². The highest BCUT2D eigenvalue weighted by Crippen LogP contribution is 2.23. The van der Waals surface area contributed by atoms with Gasteiger partial charge in [0.25, 0.3) is 5.69 Å². The van der Waals surface area contributed by atoms with Gasteiger partial charge in [0.15, 0.2) is 6.61 Å². The molecule has 0 aliphatic rings. The number of hydrogen-bond donors (Lipinski definition) is 0. The monoisotopic (exact) mass is 389 g/mol. The lowest BCUT2D eigenvalue weighted by atomic mass is 10.2. The van der Waals surface area contributed by atoms with Gasteiger partial charge in [0, 0.05) is 17.8 Å². The van der Waals surface area contributed by atoms with E-state index in [4.69, 9.17) is 9.47 Å². The molecule has 0 saturated carbocycles. The maximum Gasteiger partial charge on any atom is 0.349 e. The van der Waals surface area contributed by atoms with E-state index in [0.29, 0.717) is 22.8 Å². The van der Waals surface area contributed by atoms with Crippen LogP contribution in [0.5, 0.6) is 11.5 Å². The van der Waals surface area contributed by atoms with Gasteiger partial charge in [-0.3, -0.25) is 14.5 Å². The number of nitro groups is 1. The number of imidazole rings is 1. The van der Waals surface area contributed by atoms with E-state index in [-0.39, 0.29) is 12.3 Å². The van der Waals surface area contributed by atoms with E-state index in [9.17, 15) is 14.9 Å². The molecule has 2 aromatic carbocycles. The molecule has 4 rings (SSSR count). The molecule has 0 spiro atoms. The van der Waals surface area contributed by atoms with Crippen LogP contribution in [0.3, 0.4) is 0 Å². The second-order valence-electron chi connectivity index (χ2n) is 6.14. The van der Waals surface area contributed by atoms with E-state index < -0.39 is 10.9 Å². The van der Waals surface area contributed by atoms with Crippen molar-refractivity contribution in [1.82, 2.24) is 9.38 Å². The molecule has 2 aromatic heterocycles. The number of ether oxygens (including phenoxy) is 2. The number of hydrogen-bond acceptors (Lipinski definition) is 6. The number of aromatic nitrogens is 2. The Morgan fingerprint density at radius 2 is 1.72 bits per heavy atom. The topological polar surface area (TPSA) is 96.0 Å². The largest absolute Gasteiger partial charge is 0.482 e. The first-order valence-electron chi connectivity index (χ1n) is 8.70. The summed E-state index contributed by atoms with van der Waals surface area (Å²) in [5.74, 6) is 0.461. The van der Waals surface area contributed by atoms with Crippen molar-refractivity contribution in [3.63, 3.8) is 0 Å². The second kappa shape index (κ2) is 7.81. The van der Waals surface area contributed by atoms with Crippen LogP contribution in [0.1, 0.15) is 0 Å². The number of fused-ring (bicyclic) bond motifs is 1. The van der Waals surface area contributed by atoms with Crippen molar-refractivity contribution in [3.05, 3.63) is 89.2 Å². The average Bonchev–Trinajstić information content (AvgIpc) is 3.17. The minimum absolute atomic E-state index is 0.0126. The summed E-state index contributed by atoms with van der Waals surface area (Å²) in [7, 11) is 0. The van der Waals surface area contributed by atoms with Gasteiger partial charge >= 0.3 is 5.97 Å². The van der Waals surface area contributed by atoms with Gasteiger partial charge in [-0.25, -0.2) is 9.78 Å². The Bertz CT molecular complexity index is 1170. The fraction of sp³-hybridized carbons (Fsp3) is 0.0476. The zero-order valence-electron chi connectivity index (χ0n) is 15.1. The lowest BCUT2D eigenvalue weighted by molar-refractivity contribution is -0.385. The molecule has 0 amide bonds. The molecular formula is C21H15N3O5. The molecule has 144 valence electrons. The SMILES string of the molecule is O=C(COc1ccccc1)Oc1ccc(-c2cn3cc([N+](=O)[O-])ccc3n2)cc1. The van der Waals surface area contributed by atoms with Crippen LogP contribution in [0.4, 0.5) is 5.69 Å². The predicted octanol–water partition coefficient (Wildman–Crippen LogP) is 3.89. The van der Waals surface area contributed by atoms with E-state index in [1.54, 1.807) is 53.1 Å². The summed E-state index contributed by atoms with van der Waals surface area (Å²) in [6.45, 7) is -0.197. The number of pyridine rings is 1. The summed E-state index contributed by atoms with van der Waals surface area (Å²) < 4.78 is 12.2. The van der Waals surface area contributed by atoms with E-state index in [1.165, 1.54) is 12.3 Å². The third-order valence-electron chi connectivity index (χ3n) is 4.13. The first-order chi connectivity index (χ1) is 14.1. The highest BCUT2D eigenvalue weighted by Gasteiger charge is 2.11. The molecule has 0 aliphatic carbocycles. The first-order valence-corrected chi connectivity index (χ1v) is 8.70. The molecule has 0 unspecified atom stereocenters. The maximum atomic E-state index is 11.9.